The van der Waals surface area contributed by atoms with Gasteiger partial charge in [-0.2, -0.15) is 0 Å². The Morgan fingerprint density at radius 3 is 0.897 bits per heavy atom. The molecule has 0 bridgehead atoms. The molecule has 0 aromatic rings. The summed E-state index contributed by atoms with van der Waals surface area (Å²) in [6, 6.07) is 0. The summed E-state index contributed by atoms with van der Waals surface area (Å²) in [6.07, 6.45) is 23.2. The monoisotopic (exact) mass is 430 g/mol. The summed E-state index contributed by atoms with van der Waals surface area (Å²) in [5.74, 6) is 0. The van der Waals surface area contributed by atoms with Gasteiger partial charge in [0.2, 0.25) is 0 Å². The molecule has 0 aliphatic heterocycles. The zero-order valence-corrected chi connectivity index (χ0v) is 21.6. The van der Waals surface area contributed by atoms with Gasteiger partial charge >= 0.3 is 8.80 Å². The second-order valence-electron chi connectivity index (χ2n) is 8.71. The van der Waals surface area contributed by atoms with E-state index in [-0.39, 0.29) is 0 Å². The van der Waals surface area contributed by atoms with Crippen molar-refractivity contribution in [2.75, 3.05) is 19.8 Å². The molecule has 0 aromatic carbocycles. The van der Waals surface area contributed by atoms with E-state index in [1.165, 1.54) is 96.3 Å². The smallest absolute Gasteiger partial charge is 0.374 e. The maximum absolute atomic E-state index is 6.22. The van der Waals surface area contributed by atoms with Crippen LogP contribution in [0.3, 0.4) is 0 Å². The van der Waals surface area contributed by atoms with Crippen molar-refractivity contribution in [3.8, 4) is 0 Å². The fourth-order valence-electron chi connectivity index (χ4n) is 3.54. The highest BCUT2D eigenvalue weighted by molar-refractivity contribution is 6.59. The molecule has 0 rings (SSSR count). The van der Waals surface area contributed by atoms with Gasteiger partial charge in [0.15, 0.2) is 0 Å². The molecule has 3 nitrogen and oxygen atoms in total. The minimum absolute atomic E-state index is 0.793. The van der Waals surface area contributed by atoms with Crippen LogP contribution in [0.4, 0.5) is 0 Å². The van der Waals surface area contributed by atoms with Gasteiger partial charge in [-0.3, -0.25) is 0 Å². The predicted molar refractivity (Wildman–Crippen MR) is 130 cm³/mol. The summed E-state index contributed by atoms with van der Waals surface area (Å²) in [7, 11) is -2.48. The molecule has 0 atom stereocenters. The molecule has 0 saturated heterocycles. The topological polar surface area (TPSA) is 27.7 Å². The third kappa shape index (κ3) is 21.1. The number of rotatable bonds is 24. The molecular weight excluding hydrogens is 376 g/mol. The van der Waals surface area contributed by atoms with Crippen LogP contribution in [-0.2, 0) is 13.3 Å². The largest absolute Gasteiger partial charge is 0.497 e. The first-order valence-corrected chi connectivity index (χ1v) is 15.3. The van der Waals surface area contributed by atoms with E-state index in [0.717, 1.165) is 39.1 Å². The van der Waals surface area contributed by atoms with Gasteiger partial charge in [0.1, 0.15) is 0 Å². The zero-order valence-electron chi connectivity index (χ0n) is 20.6. The van der Waals surface area contributed by atoms with Crippen molar-refractivity contribution in [2.24, 2.45) is 0 Å². The average molecular weight is 431 g/mol. The molecule has 0 heterocycles. The van der Waals surface area contributed by atoms with E-state index >= 15 is 0 Å². The minimum Gasteiger partial charge on any atom is -0.374 e. The Kier molecular flexibility index (Phi) is 22.9. The van der Waals surface area contributed by atoms with Crippen molar-refractivity contribution in [3.05, 3.63) is 0 Å². The maximum Gasteiger partial charge on any atom is 0.497 e. The summed E-state index contributed by atoms with van der Waals surface area (Å²) in [6.45, 7) is 11.3. The standard InChI is InChI=1S/C25H54O3Si/c1-5-8-11-14-17-20-23-26-29(4,27-24-21-18-15-12-9-6-2)28-25-22-19-16-13-10-7-3/h5-25H2,1-4H3. The fourth-order valence-corrected chi connectivity index (χ4v) is 5.34. The maximum atomic E-state index is 6.22. The van der Waals surface area contributed by atoms with E-state index in [2.05, 4.69) is 27.3 Å². The second-order valence-corrected chi connectivity index (χ2v) is 11.3. The van der Waals surface area contributed by atoms with E-state index in [1.807, 2.05) is 0 Å². The third-order valence-corrected chi connectivity index (χ3v) is 7.77. The van der Waals surface area contributed by atoms with Crippen molar-refractivity contribution in [3.63, 3.8) is 0 Å². The molecule has 0 spiro atoms. The van der Waals surface area contributed by atoms with Crippen LogP contribution in [0.25, 0.3) is 0 Å². The van der Waals surface area contributed by atoms with Crippen molar-refractivity contribution < 1.29 is 13.3 Å². The molecule has 0 radical (unpaired) electrons. The quantitative estimate of drug-likeness (QED) is 0.113. The van der Waals surface area contributed by atoms with Crippen LogP contribution in [0.5, 0.6) is 0 Å². The molecule has 0 aliphatic rings. The molecule has 29 heavy (non-hydrogen) atoms. The number of hydrogen-bond donors (Lipinski definition) is 0. The molecule has 176 valence electrons. The van der Waals surface area contributed by atoms with Gasteiger partial charge in [-0.25, -0.2) is 0 Å². The molecular formula is C25H54O3Si. The Labute approximate surface area is 185 Å². The van der Waals surface area contributed by atoms with Crippen LogP contribution < -0.4 is 0 Å². The van der Waals surface area contributed by atoms with Crippen molar-refractivity contribution in [1.29, 1.82) is 0 Å². The summed E-state index contributed by atoms with van der Waals surface area (Å²) < 4.78 is 18.7. The molecule has 0 aromatic heterocycles. The van der Waals surface area contributed by atoms with E-state index in [9.17, 15) is 0 Å². The Morgan fingerprint density at radius 1 is 0.379 bits per heavy atom. The average Bonchev–Trinajstić information content (AvgIpc) is 2.72. The van der Waals surface area contributed by atoms with Gasteiger partial charge in [0.25, 0.3) is 0 Å². The molecule has 0 saturated carbocycles. The lowest BCUT2D eigenvalue weighted by atomic mass is 10.1. The van der Waals surface area contributed by atoms with Crippen LogP contribution in [0, 0.1) is 0 Å². The Morgan fingerprint density at radius 2 is 0.621 bits per heavy atom. The van der Waals surface area contributed by atoms with Gasteiger partial charge in [0, 0.05) is 26.4 Å². The van der Waals surface area contributed by atoms with Crippen molar-refractivity contribution in [2.45, 2.75) is 143 Å². The number of hydrogen-bond acceptors (Lipinski definition) is 3. The summed E-state index contributed by atoms with van der Waals surface area (Å²) in [5.41, 5.74) is 0. The molecule has 0 unspecified atom stereocenters. The van der Waals surface area contributed by atoms with E-state index in [1.54, 1.807) is 0 Å². The van der Waals surface area contributed by atoms with Crippen LogP contribution in [0.1, 0.15) is 136 Å². The summed E-state index contributed by atoms with van der Waals surface area (Å²) in [5, 5.41) is 0. The normalized spacial score (nSPS) is 12.0. The van der Waals surface area contributed by atoms with E-state index < -0.39 is 8.80 Å². The van der Waals surface area contributed by atoms with Gasteiger partial charge in [-0.15, -0.1) is 0 Å². The second kappa shape index (κ2) is 22.8. The lowest BCUT2D eigenvalue weighted by molar-refractivity contribution is 0.0616. The summed E-state index contributed by atoms with van der Waals surface area (Å²) >= 11 is 0. The van der Waals surface area contributed by atoms with Crippen LogP contribution >= 0.6 is 0 Å². The third-order valence-electron chi connectivity index (χ3n) is 5.59. The van der Waals surface area contributed by atoms with E-state index in [4.69, 9.17) is 13.3 Å². The lowest BCUT2D eigenvalue weighted by Gasteiger charge is -2.26. The van der Waals surface area contributed by atoms with E-state index in [0.29, 0.717) is 0 Å². The van der Waals surface area contributed by atoms with Crippen molar-refractivity contribution >= 4 is 8.80 Å². The zero-order chi connectivity index (χ0) is 21.5. The highest BCUT2D eigenvalue weighted by Gasteiger charge is 2.34. The molecule has 0 amide bonds. The molecule has 0 fully saturated rings. The van der Waals surface area contributed by atoms with Gasteiger partial charge in [-0.1, -0.05) is 117 Å². The molecule has 0 N–H and O–H groups in total. The van der Waals surface area contributed by atoms with Crippen LogP contribution in [0.2, 0.25) is 6.55 Å². The number of unbranched alkanes of at least 4 members (excludes halogenated alkanes) is 15. The predicted octanol–water partition coefficient (Wildman–Crippen LogP) is 8.69. The fraction of sp³-hybridized carbons (Fsp3) is 1.00. The first kappa shape index (κ1) is 29.1. The van der Waals surface area contributed by atoms with Crippen LogP contribution in [0.15, 0.2) is 0 Å². The van der Waals surface area contributed by atoms with Gasteiger partial charge in [0.05, 0.1) is 0 Å². The Bertz CT molecular complexity index is 267. The SMILES string of the molecule is CCCCCCCCO[Si](C)(OCCCCCCCC)OCCCCCCCC. The molecule has 0 aliphatic carbocycles. The Hall–Kier alpha value is 0.0969. The highest BCUT2D eigenvalue weighted by Crippen LogP contribution is 2.15. The minimum atomic E-state index is -2.48. The highest BCUT2D eigenvalue weighted by atomic mass is 28.4. The first-order valence-electron chi connectivity index (χ1n) is 13.1. The summed E-state index contributed by atoms with van der Waals surface area (Å²) in [4.78, 5) is 0. The van der Waals surface area contributed by atoms with Crippen LogP contribution in [-0.4, -0.2) is 28.6 Å². The molecule has 4 heteroatoms. The first-order chi connectivity index (χ1) is 14.2. The van der Waals surface area contributed by atoms with Gasteiger partial charge in [-0.05, 0) is 19.3 Å². The Balaban J connectivity index is 4.03. The van der Waals surface area contributed by atoms with Gasteiger partial charge < -0.3 is 13.3 Å². The van der Waals surface area contributed by atoms with Crippen molar-refractivity contribution in [1.82, 2.24) is 0 Å². The lowest BCUT2D eigenvalue weighted by Crippen LogP contribution is -2.43.